The molecule has 4 heteroatoms. The van der Waals surface area contributed by atoms with Crippen molar-refractivity contribution >= 4 is 75.9 Å². The third kappa shape index (κ3) is 3.15. The first-order valence-electron chi connectivity index (χ1n) is 12.2. The Kier molecular flexibility index (Phi) is 4.97. The molecule has 0 amide bonds. The summed E-state index contributed by atoms with van der Waals surface area (Å²) in [5.41, 5.74) is 0. The quantitative estimate of drug-likeness (QED) is 0.144. The molecule has 8 rings (SSSR count). The van der Waals surface area contributed by atoms with Crippen molar-refractivity contribution in [2.45, 2.75) is 19.6 Å². The second-order valence-electron chi connectivity index (χ2n) is 9.26. The molecule has 4 aliphatic rings. The lowest BCUT2D eigenvalue weighted by Crippen LogP contribution is -1.94. The van der Waals surface area contributed by atoms with E-state index in [0.29, 0.717) is 0 Å². The van der Waals surface area contributed by atoms with E-state index in [1.807, 2.05) is 0 Å². The van der Waals surface area contributed by atoms with Crippen LogP contribution in [0.25, 0.3) is 32.3 Å². The van der Waals surface area contributed by atoms with E-state index in [9.17, 15) is 0 Å². The molecule has 0 saturated heterocycles. The Morgan fingerprint density at radius 2 is 0.528 bits per heavy atom. The van der Waals surface area contributed by atoms with Crippen LogP contribution >= 0.6 is 43.6 Å². The summed E-state index contributed by atoms with van der Waals surface area (Å²) < 4.78 is 0. The molecule has 0 bridgehead atoms. The van der Waals surface area contributed by atoms with Crippen LogP contribution in [-0.2, 0) is 0 Å². The molecule has 0 unspecified atom stereocenters. The number of hydrogen-bond acceptors (Lipinski definition) is 0. The molecule has 178 valence electrons. The first kappa shape index (κ1) is 21.3. The largest absolute Gasteiger partial charge is 0.185 e. The number of thiol groups is 4. The zero-order chi connectivity index (χ0) is 23.6. The summed E-state index contributed by atoms with van der Waals surface area (Å²) in [4.78, 5) is 6.03. The number of benzene rings is 4. The van der Waals surface area contributed by atoms with Crippen LogP contribution in [0.2, 0.25) is 0 Å². The Morgan fingerprint density at radius 3 is 0.750 bits per heavy atom. The lowest BCUT2D eigenvalue weighted by Gasteiger charge is -2.26. The molecule has 4 aromatic carbocycles. The maximum absolute atomic E-state index is 2.54. The minimum atomic E-state index is -0.416. The molecule has 4 aliphatic heterocycles. The van der Waals surface area contributed by atoms with Crippen molar-refractivity contribution in [1.29, 1.82) is 0 Å². The molecule has 0 nitrogen and oxygen atoms in total. The standard InChI is InChI=1S/C32H26S4/c1-2-14-33(13-1)27-21-28(34-15-3-4-16-34)24-11-12-26-30(36-19-7-8-20-36)22-29(35-17-5-6-18-35)25-10-9-23(27)31(24)32(25)26/h1-22,33-36H. The highest BCUT2D eigenvalue weighted by Gasteiger charge is 2.23. The fourth-order valence-electron chi connectivity index (χ4n) is 5.75. The van der Waals surface area contributed by atoms with Crippen LogP contribution in [0.1, 0.15) is 0 Å². The molecule has 0 fully saturated rings. The van der Waals surface area contributed by atoms with Crippen molar-refractivity contribution in [2.24, 2.45) is 0 Å². The fourth-order valence-corrected chi connectivity index (χ4v) is 12.9. The topological polar surface area (TPSA) is 0 Å². The molecule has 0 radical (unpaired) electrons. The van der Waals surface area contributed by atoms with Crippen molar-refractivity contribution in [3.63, 3.8) is 0 Å². The third-order valence-corrected chi connectivity index (χ3v) is 15.0. The Morgan fingerprint density at radius 1 is 0.306 bits per heavy atom. The van der Waals surface area contributed by atoms with Gasteiger partial charge in [0, 0.05) is 19.6 Å². The van der Waals surface area contributed by atoms with Gasteiger partial charge in [0.05, 0.1) is 0 Å². The Labute approximate surface area is 222 Å². The van der Waals surface area contributed by atoms with Crippen molar-refractivity contribution in [2.75, 3.05) is 0 Å². The van der Waals surface area contributed by atoms with Gasteiger partial charge in [0.25, 0.3) is 0 Å². The Balaban J connectivity index is 1.54. The lowest BCUT2D eigenvalue weighted by atomic mass is 9.94. The Bertz CT molecular complexity index is 1510. The molecule has 0 spiro atoms. The molecular formula is C32H26S4. The van der Waals surface area contributed by atoms with Gasteiger partial charge >= 0.3 is 0 Å². The smallest absolute Gasteiger partial charge is 0.00351 e. The minimum absolute atomic E-state index is 0.416. The summed E-state index contributed by atoms with van der Waals surface area (Å²) in [6, 6.07) is 14.8. The second kappa shape index (κ2) is 8.39. The normalized spacial score (nSPS) is 21.4. The van der Waals surface area contributed by atoms with E-state index in [4.69, 9.17) is 0 Å². The monoisotopic (exact) mass is 538 g/mol. The van der Waals surface area contributed by atoms with Gasteiger partial charge in [-0.2, -0.15) is 43.6 Å². The van der Waals surface area contributed by atoms with Crippen LogP contribution in [0, 0.1) is 0 Å². The molecular weight excluding hydrogens is 513 g/mol. The summed E-state index contributed by atoms with van der Waals surface area (Å²) >= 11 is 0. The molecule has 0 aromatic heterocycles. The average Bonchev–Trinajstić information content (AvgIpc) is 3.74. The van der Waals surface area contributed by atoms with Crippen LogP contribution in [0.3, 0.4) is 0 Å². The summed E-state index contributed by atoms with van der Waals surface area (Å²) in [6.45, 7) is 0. The van der Waals surface area contributed by atoms with Gasteiger partial charge in [-0.15, -0.1) is 0 Å². The highest BCUT2D eigenvalue weighted by Crippen LogP contribution is 2.58. The fraction of sp³-hybridized carbons (Fsp3) is 0. The van der Waals surface area contributed by atoms with E-state index >= 15 is 0 Å². The predicted octanol–water partition coefficient (Wildman–Crippen LogP) is 10.2. The van der Waals surface area contributed by atoms with Crippen LogP contribution in [-0.4, -0.2) is 0 Å². The molecule has 0 N–H and O–H groups in total. The van der Waals surface area contributed by atoms with Crippen LogP contribution in [0.15, 0.2) is 148 Å². The molecule has 0 atom stereocenters. The maximum Gasteiger partial charge on any atom is 0.00351 e. The van der Waals surface area contributed by atoms with Gasteiger partial charge in [-0.25, -0.2) is 0 Å². The summed E-state index contributed by atoms with van der Waals surface area (Å²) in [5, 5.41) is 28.0. The average molecular weight is 539 g/mol. The molecule has 0 aliphatic carbocycles. The minimum Gasteiger partial charge on any atom is -0.185 e. The van der Waals surface area contributed by atoms with E-state index in [0.717, 1.165) is 0 Å². The first-order chi connectivity index (χ1) is 17.9. The van der Waals surface area contributed by atoms with Gasteiger partial charge in [0.1, 0.15) is 0 Å². The van der Waals surface area contributed by atoms with E-state index in [2.05, 4.69) is 128 Å². The molecule has 0 saturated carbocycles. The summed E-state index contributed by atoms with van der Waals surface area (Å²) in [6.07, 6.45) is 17.8. The van der Waals surface area contributed by atoms with Crippen LogP contribution < -0.4 is 0 Å². The zero-order valence-electron chi connectivity index (χ0n) is 19.5. The summed E-state index contributed by atoms with van der Waals surface area (Å²) in [5.74, 6) is 0. The van der Waals surface area contributed by atoms with Gasteiger partial charge in [-0.3, -0.25) is 0 Å². The van der Waals surface area contributed by atoms with Gasteiger partial charge in [0.15, 0.2) is 0 Å². The highest BCUT2D eigenvalue weighted by molar-refractivity contribution is 8.23. The van der Waals surface area contributed by atoms with Gasteiger partial charge in [-0.1, -0.05) is 72.9 Å². The van der Waals surface area contributed by atoms with E-state index < -0.39 is 43.6 Å². The molecule has 4 aromatic rings. The van der Waals surface area contributed by atoms with Crippen molar-refractivity contribution in [3.8, 4) is 0 Å². The van der Waals surface area contributed by atoms with Crippen LogP contribution in [0.4, 0.5) is 0 Å². The predicted molar refractivity (Wildman–Crippen MR) is 172 cm³/mol. The number of allylic oxidation sites excluding steroid dienone is 8. The van der Waals surface area contributed by atoms with Gasteiger partial charge in [-0.05, 0) is 87.7 Å². The number of rotatable bonds is 4. The highest BCUT2D eigenvalue weighted by atomic mass is 32.2. The molecule has 36 heavy (non-hydrogen) atoms. The maximum atomic E-state index is 2.54. The van der Waals surface area contributed by atoms with E-state index in [1.165, 1.54) is 51.9 Å². The van der Waals surface area contributed by atoms with Crippen molar-refractivity contribution in [3.05, 3.63) is 128 Å². The van der Waals surface area contributed by atoms with Crippen molar-refractivity contribution in [1.82, 2.24) is 0 Å². The van der Waals surface area contributed by atoms with Gasteiger partial charge in [0.2, 0.25) is 0 Å². The van der Waals surface area contributed by atoms with Crippen molar-refractivity contribution < 1.29 is 0 Å². The second-order valence-corrected chi connectivity index (χ2v) is 16.8. The van der Waals surface area contributed by atoms with E-state index in [1.54, 1.807) is 0 Å². The van der Waals surface area contributed by atoms with Gasteiger partial charge < -0.3 is 0 Å². The lowest BCUT2D eigenvalue weighted by molar-refractivity contribution is 1.41. The Hall–Kier alpha value is -2.76. The third-order valence-electron chi connectivity index (χ3n) is 7.34. The zero-order valence-corrected chi connectivity index (χ0v) is 23.1. The molecule has 4 heterocycles. The first-order valence-corrected chi connectivity index (χ1v) is 18.1. The number of hydrogen-bond donors (Lipinski definition) is 4. The van der Waals surface area contributed by atoms with Crippen LogP contribution in [0.5, 0.6) is 0 Å². The van der Waals surface area contributed by atoms with E-state index in [-0.39, 0.29) is 0 Å². The SMILES string of the molecule is C1=C[SH](c2cc([SH]3C=CC=C3)c3ccc4c([SH]5C=CC=C5)cc([SH]5C=CC=C5)c5ccc2c3c54)C=C1. The summed E-state index contributed by atoms with van der Waals surface area (Å²) in [7, 11) is -1.66.